The van der Waals surface area contributed by atoms with Gasteiger partial charge in [0.05, 0.1) is 12.7 Å². The summed E-state index contributed by atoms with van der Waals surface area (Å²) in [6, 6.07) is 13.8. The molecule has 1 N–H and O–H groups in total. The molecular formula is C22H27N3O4. The Morgan fingerprint density at radius 3 is 2.55 bits per heavy atom. The fourth-order valence-electron chi connectivity index (χ4n) is 3.07. The monoisotopic (exact) mass is 397 g/mol. The number of hydrogen-bond donors (Lipinski definition) is 1. The molecule has 1 aromatic carbocycles. The highest BCUT2D eigenvalue weighted by Crippen LogP contribution is 2.12. The second-order valence-electron chi connectivity index (χ2n) is 6.45. The predicted molar refractivity (Wildman–Crippen MR) is 112 cm³/mol. The Kier molecular flexibility index (Phi) is 9.38. The summed E-state index contributed by atoms with van der Waals surface area (Å²) < 4.78 is 5.05. The van der Waals surface area contributed by atoms with Crippen molar-refractivity contribution in [1.29, 1.82) is 0 Å². The van der Waals surface area contributed by atoms with Crippen LogP contribution >= 0.6 is 0 Å². The average Bonchev–Trinajstić information content (AvgIpc) is 3.00. The van der Waals surface area contributed by atoms with Gasteiger partial charge >= 0.3 is 0 Å². The second-order valence-corrected chi connectivity index (χ2v) is 6.45. The number of aromatic nitrogens is 1. The van der Waals surface area contributed by atoms with Gasteiger partial charge < -0.3 is 14.7 Å². The molecule has 7 heteroatoms. The van der Waals surface area contributed by atoms with Crippen molar-refractivity contribution in [3.05, 3.63) is 65.9 Å². The maximum Gasteiger partial charge on any atom is 0.290 e. The topological polar surface area (TPSA) is 83.0 Å². The molecule has 1 aliphatic heterocycles. The molecule has 1 fully saturated rings. The van der Waals surface area contributed by atoms with Crippen LogP contribution in [0.2, 0.25) is 0 Å². The first kappa shape index (κ1) is 22.1. The molecule has 0 spiro atoms. The molecule has 1 saturated heterocycles. The molecule has 29 heavy (non-hydrogen) atoms. The summed E-state index contributed by atoms with van der Waals surface area (Å²) in [5.41, 5.74) is 1.83. The van der Waals surface area contributed by atoms with Crippen LogP contribution < -0.4 is 4.74 Å². The number of methoxy groups -OCH3 is 1. The van der Waals surface area contributed by atoms with E-state index in [-0.39, 0.29) is 12.4 Å². The molecule has 0 radical (unpaired) electrons. The van der Waals surface area contributed by atoms with Gasteiger partial charge in [-0.25, -0.2) is 4.98 Å². The Labute approximate surface area is 171 Å². The summed E-state index contributed by atoms with van der Waals surface area (Å²) in [4.78, 5) is 29.5. The van der Waals surface area contributed by atoms with Crippen molar-refractivity contribution in [3.63, 3.8) is 0 Å². The Bertz CT molecular complexity index is 778. The van der Waals surface area contributed by atoms with E-state index in [0.717, 1.165) is 39.1 Å². The number of pyridine rings is 1. The molecule has 3 rings (SSSR count). The molecule has 0 aliphatic carbocycles. The fourth-order valence-corrected chi connectivity index (χ4v) is 3.07. The number of ether oxygens (including phenoxy) is 1. The highest BCUT2D eigenvalue weighted by molar-refractivity contribution is 5.94. The van der Waals surface area contributed by atoms with Gasteiger partial charge in [0.1, 0.15) is 0 Å². The average molecular weight is 397 g/mol. The third-order valence-corrected chi connectivity index (χ3v) is 4.54. The molecule has 1 amide bonds. The number of rotatable bonds is 5. The van der Waals surface area contributed by atoms with E-state index in [4.69, 9.17) is 14.6 Å². The zero-order chi connectivity index (χ0) is 20.9. The van der Waals surface area contributed by atoms with Crippen molar-refractivity contribution in [1.82, 2.24) is 14.8 Å². The Morgan fingerprint density at radius 2 is 1.90 bits per heavy atom. The number of amides is 1. The van der Waals surface area contributed by atoms with Crippen LogP contribution in [0.15, 0.2) is 54.7 Å². The van der Waals surface area contributed by atoms with Gasteiger partial charge in [-0.05, 0) is 18.1 Å². The maximum absolute atomic E-state index is 12.7. The third kappa shape index (κ3) is 7.38. The standard InChI is InChI=1S/C21H25N3O2.CH2O2/c1-26-20-11-10-19(17-22-20)21(25)24-14-6-13-23(15-16-24)12-5-9-18-7-3-2-4-8-18;2-1-3/h2-5,7-11,17H,6,12-16H2,1H3;1H,(H,2,3)/b9-5+;. The Balaban J connectivity index is 0.000000941. The number of carbonyl (C=O) groups excluding carboxylic acids is 1. The molecule has 154 valence electrons. The number of nitrogens with zero attached hydrogens (tertiary/aromatic N) is 3. The van der Waals surface area contributed by atoms with E-state index >= 15 is 0 Å². The quantitative estimate of drug-likeness (QED) is 0.781. The van der Waals surface area contributed by atoms with Crippen molar-refractivity contribution >= 4 is 18.5 Å². The van der Waals surface area contributed by atoms with Gasteiger partial charge in [-0.1, -0.05) is 42.5 Å². The lowest BCUT2D eigenvalue weighted by molar-refractivity contribution is -0.122. The van der Waals surface area contributed by atoms with Crippen molar-refractivity contribution in [3.8, 4) is 5.88 Å². The van der Waals surface area contributed by atoms with E-state index in [1.54, 1.807) is 25.4 Å². The van der Waals surface area contributed by atoms with E-state index in [0.29, 0.717) is 11.4 Å². The predicted octanol–water partition coefficient (Wildman–Crippen LogP) is 2.65. The first-order chi connectivity index (χ1) is 14.2. The van der Waals surface area contributed by atoms with Crippen LogP contribution in [-0.4, -0.2) is 72.1 Å². The molecular weight excluding hydrogens is 370 g/mol. The lowest BCUT2D eigenvalue weighted by atomic mass is 10.2. The third-order valence-electron chi connectivity index (χ3n) is 4.54. The molecule has 0 bridgehead atoms. The lowest BCUT2D eigenvalue weighted by Gasteiger charge is -2.21. The van der Waals surface area contributed by atoms with Crippen LogP contribution in [0, 0.1) is 0 Å². The first-order valence-electron chi connectivity index (χ1n) is 9.49. The molecule has 7 nitrogen and oxygen atoms in total. The minimum absolute atomic E-state index is 0.0434. The van der Waals surface area contributed by atoms with Gasteiger partial charge in [0.25, 0.3) is 12.4 Å². The van der Waals surface area contributed by atoms with Gasteiger partial charge in [-0.2, -0.15) is 0 Å². The Hall–Kier alpha value is -3.19. The number of carboxylic acid groups (broad SMARTS) is 1. The zero-order valence-corrected chi connectivity index (χ0v) is 16.6. The molecule has 0 saturated carbocycles. The van der Waals surface area contributed by atoms with E-state index in [9.17, 15) is 4.79 Å². The SMILES string of the molecule is COc1ccc(C(=O)N2CCCN(C/C=C/c3ccccc3)CC2)cn1.O=CO. The summed E-state index contributed by atoms with van der Waals surface area (Å²) in [5.74, 6) is 0.565. The Morgan fingerprint density at radius 1 is 1.14 bits per heavy atom. The first-order valence-corrected chi connectivity index (χ1v) is 9.49. The van der Waals surface area contributed by atoms with E-state index in [1.807, 2.05) is 23.1 Å². The maximum atomic E-state index is 12.7. The zero-order valence-electron chi connectivity index (χ0n) is 16.6. The molecule has 2 aromatic rings. The van der Waals surface area contributed by atoms with Crippen LogP contribution in [-0.2, 0) is 4.79 Å². The minimum atomic E-state index is -0.250. The van der Waals surface area contributed by atoms with Gasteiger partial charge in [0.15, 0.2) is 0 Å². The van der Waals surface area contributed by atoms with Gasteiger partial charge in [-0.15, -0.1) is 0 Å². The summed E-state index contributed by atoms with van der Waals surface area (Å²) in [6.45, 7) is 4.06. The number of carbonyl (C=O) groups is 2. The van der Waals surface area contributed by atoms with E-state index in [2.05, 4.69) is 34.2 Å². The largest absolute Gasteiger partial charge is 0.483 e. The molecule has 0 atom stereocenters. The van der Waals surface area contributed by atoms with Crippen LogP contribution in [0.25, 0.3) is 6.08 Å². The minimum Gasteiger partial charge on any atom is -0.483 e. The van der Waals surface area contributed by atoms with Gasteiger partial charge in [0.2, 0.25) is 5.88 Å². The molecule has 1 aliphatic rings. The highest BCUT2D eigenvalue weighted by atomic mass is 16.5. The fraction of sp³-hybridized carbons (Fsp3) is 0.318. The summed E-state index contributed by atoms with van der Waals surface area (Å²) >= 11 is 0. The van der Waals surface area contributed by atoms with Gasteiger partial charge in [-0.3, -0.25) is 14.5 Å². The van der Waals surface area contributed by atoms with E-state index < -0.39 is 0 Å². The van der Waals surface area contributed by atoms with Crippen molar-refractivity contribution in [2.45, 2.75) is 6.42 Å². The van der Waals surface area contributed by atoms with Crippen LogP contribution in [0.1, 0.15) is 22.3 Å². The second kappa shape index (κ2) is 12.3. The van der Waals surface area contributed by atoms with E-state index in [1.165, 1.54) is 5.56 Å². The van der Waals surface area contributed by atoms with Crippen LogP contribution in [0.4, 0.5) is 0 Å². The van der Waals surface area contributed by atoms with Crippen molar-refractivity contribution in [2.75, 3.05) is 39.8 Å². The summed E-state index contributed by atoms with van der Waals surface area (Å²) in [6.07, 6.45) is 6.91. The lowest BCUT2D eigenvalue weighted by Crippen LogP contribution is -2.35. The van der Waals surface area contributed by atoms with Crippen molar-refractivity contribution < 1.29 is 19.4 Å². The molecule has 2 heterocycles. The smallest absolute Gasteiger partial charge is 0.290 e. The number of hydrogen-bond acceptors (Lipinski definition) is 5. The van der Waals surface area contributed by atoms with Crippen LogP contribution in [0.5, 0.6) is 5.88 Å². The normalized spacial score (nSPS) is 14.6. The van der Waals surface area contributed by atoms with Gasteiger partial charge in [0, 0.05) is 45.0 Å². The number of benzene rings is 1. The summed E-state index contributed by atoms with van der Waals surface area (Å²) in [7, 11) is 1.57. The van der Waals surface area contributed by atoms with Crippen molar-refractivity contribution in [2.24, 2.45) is 0 Å². The molecule has 1 aromatic heterocycles. The van der Waals surface area contributed by atoms with Crippen LogP contribution in [0.3, 0.4) is 0 Å². The molecule has 0 unspecified atom stereocenters. The summed E-state index contributed by atoms with van der Waals surface area (Å²) in [5, 5.41) is 6.89. The highest BCUT2D eigenvalue weighted by Gasteiger charge is 2.20.